The number of hydrogen-bond donors (Lipinski definition) is 3. The van der Waals surface area contributed by atoms with E-state index in [4.69, 9.17) is 5.11 Å². The van der Waals surface area contributed by atoms with Crippen molar-refractivity contribution >= 4 is 11.8 Å². The molecular weight excluding hydrogens is 434 g/mol. The maximum atomic E-state index is 12.2. The maximum Gasteiger partial charge on any atom is 0.139 e. The van der Waals surface area contributed by atoms with Crippen LogP contribution in [0, 0.1) is 11.8 Å². The van der Waals surface area contributed by atoms with Crippen LogP contribution in [-0.2, 0) is 9.59 Å². The highest BCUT2D eigenvalue weighted by Gasteiger charge is 2.39. The third-order valence-corrected chi connectivity index (χ3v) is 6.32. The van der Waals surface area contributed by atoms with E-state index in [-0.39, 0.29) is 37.1 Å². The fraction of sp³-hybridized carbons (Fsp3) is 0.778. The maximum absolute atomic E-state index is 12.2. The Kier molecular flexibility index (Phi) is 16.2. The van der Waals surface area contributed by atoms with E-state index in [0.29, 0.717) is 25.7 Å². The van der Waals surface area contributed by atoms with Crippen molar-refractivity contribution in [1.29, 1.82) is 0 Å². The number of unbranched alkanes of at least 4 members (excludes halogenated alkanes) is 4. The first-order valence-corrected chi connectivity index (χ1v) is 12.7. The minimum atomic E-state index is -1.02. The summed E-state index contributed by atoms with van der Waals surface area (Å²) in [6.45, 7) is 6.91. The highest BCUT2D eigenvalue weighted by atomic mass is 16.4. The fourth-order valence-electron chi connectivity index (χ4n) is 4.08. The van der Waals surface area contributed by atoms with Crippen LogP contribution in [0.4, 0.5) is 0 Å². The van der Waals surface area contributed by atoms with E-state index < -0.39 is 17.7 Å². The Morgan fingerprint density at radius 2 is 1.85 bits per heavy atom. The molecule has 0 aromatic carbocycles. The lowest BCUT2D eigenvalue weighted by Gasteiger charge is -2.23. The van der Waals surface area contributed by atoms with Gasteiger partial charge in [-0.1, -0.05) is 57.3 Å². The van der Waals surface area contributed by atoms with E-state index in [0.717, 1.165) is 43.1 Å². The highest BCUT2D eigenvalue weighted by molar-refractivity contribution is 5.84. The number of Topliss-reactive ketones (excluding diaryl/α,β-unsaturated/α-hetero) is 1. The number of rotatable bonds is 16. The number of nitrogens with zero attached hydrogens (tertiary/aromatic N) is 1. The van der Waals surface area contributed by atoms with Crippen molar-refractivity contribution < 1.29 is 34.5 Å². The number of hydrogen-bond acceptors (Lipinski definition) is 6. The largest absolute Gasteiger partial charge is 0.550 e. The summed E-state index contributed by atoms with van der Waals surface area (Å²) >= 11 is 0. The Labute approximate surface area is 206 Å². The van der Waals surface area contributed by atoms with Crippen LogP contribution < -0.4 is 5.11 Å². The fourth-order valence-corrected chi connectivity index (χ4v) is 4.08. The molecule has 0 saturated heterocycles. The minimum Gasteiger partial charge on any atom is -0.550 e. The first-order chi connectivity index (χ1) is 15.9. The molecule has 0 spiro atoms. The Morgan fingerprint density at radius 1 is 1.21 bits per heavy atom. The second kappa shape index (κ2) is 17.0. The third-order valence-electron chi connectivity index (χ3n) is 6.32. The lowest BCUT2D eigenvalue weighted by atomic mass is 9.87. The van der Waals surface area contributed by atoms with E-state index in [1.807, 2.05) is 12.2 Å². The van der Waals surface area contributed by atoms with Crippen LogP contribution in [0.1, 0.15) is 77.6 Å². The van der Waals surface area contributed by atoms with Gasteiger partial charge >= 0.3 is 0 Å². The van der Waals surface area contributed by atoms with E-state index in [1.54, 1.807) is 6.08 Å². The Bertz CT molecular complexity index is 627. The van der Waals surface area contributed by atoms with Crippen molar-refractivity contribution in [3.8, 4) is 0 Å². The van der Waals surface area contributed by atoms with Crippen molar-refractivity contribution in [2.45, 2.75) is 89.3 Å². The SMILES string of the molecule is C=CC(O)(C/C=C/[C@H]1[C@H](O)CC(=O)[C@@H]1CCCCCCC(=O)[O-])CCCC.C[N+](C)(C)CCO. The summed E-state index contributed by atoms with van der Waals surface area (Å²) in [7, 11) is 6.16. The molecule has 1 aliphatic rings. The smallest absolute Gasteiger partial charge is 0.139 e. The second-order valence-corrected chi connectivity index (χ2v) is 10.5. The van der Waals surface area contributed by atoms with Gasteiger partial charge < -0.3 is 29.7 Å². The number of ketones is 1. The molecule has 1 rings (SSSR count). The van der Waals surface area contributed by atoms with Crippen LogP contribution in [0.3, 0.4) is 0 Å². The molecule has 0 aliphatic heterocycles. The van der Waals surface area contributed by atoms with Gasteiger partial charge in [0.2, 0.25) is 0 Å². The summed E-state index contributed by atoms with van der Waals surface area (Å²) in [4.78, 5) is 22.6. The molecule has 1 aliphatic carbocycles. The van der Waals surface area contributed by atoms with Gasteiger partial charge in [-0.3, -0.25) is 4.79 Å². The van der Waals surface area contributed by atoms with Crippen molar-refractivity contribution in [2.75, 3.05) is 34.3 Å². The Hall–Kier alpha value is -1.54. The summed E-state index contributed by atoms with van der Waals surface area (Å²) < 4.78 is 0.844. The number of carboxylic acid groups (broad SMARTS) is 1. The van der Waals surface area contributed by atoms with Gasteiger partial charge in [0.15, 0.2) is 0 Å². The van der Waals surface area contributed by atoms with Gasteiger partial charge in [-0.05, 0) is 32.1 Å². The number of aliphatic hydroxyl groups is 3. The highest BCUT2D eigenvalue weighted by Crippen LogP contribution is 2.35. The zero-order valence-corrected chi connectivity index (χ0v) is 21.9. The zero-order chi connectivity index (χ0) is 26.2. The minimum absolute atomic E-state index is 0.0800. The lowest BCUT2D eigenvalue weighted by molar-refractivity contribution is -0.870. The molecule has 0 radical (unpaired) electrons. The molecule has 1 saturated carbocycles. The average molecular weight is 484 g/mol. The molecule has 34 heavy (non-hydrogen) atoms. The zero-order valence-electron chi connectivity index (χ0n) is 21.9. The van der Waals surface area contributed by atoms with Crippen molar-refractivity contribution in [3.63, 3.8) is 0 Å². The summed E-state index contributed by atoms with van der Waals surface area (Å²) in [6.07, 6.45) is 11.8. The molecule has 7 nitrogen and oxygen atoms in total. The normalized spacial score (nSPS) is 22.3. The van der Waals surface area contributed by atoms with Gasteiger partial charge in [-0.2, -0.15) is 0 Å². The number of carbonyl (C=O) groups excluding carboxylic acids is 2. The van der Waals surface area contributed by atoms with Crippen LogP contribution in [0.5, 0.6) is 0 Å². The first kappa shape index (κ1) is 32.5. The molecule has 4 atom stereocenters. The predicted molar refractivity (Wildman–Crippen MR) is 134 cm³/mol. The van der Waals surface area contributed by atoms with Crippen LogP contribution in [-0.4, -0.2) is 77.6 Å². The van der Waals surface area contributed by atoms with Gasteiger partial charge in [-0.25, -0.2) is 0 Å². The molecule has 3 N–H and O–H groups in total. The van der Waals surface area contributed by atoms with Crippen LogP contribution >= 0.6 is 0 Å². The average Bonchev–Trinajstić information content (AvgIpc) is 3.01. The van der Waals surface area contributed by atoms with E-state index in [1.165, 1.54) is 0 Å². The number of quaternary nitrogens is 1. The van der Waals surface area contributed by atoms with Gasteiger partial charge in [0.25, 0.3) is 0 Å². The number of carboxylic acids is 1. The molecule has 0 heterocycles. The molecule has 198 valence electrons. The van der Waals surface area contributed by atoms with E-state index in [9.17, 15) is 24.9 Å². The first-order valence-electron chi connectivity index (χ1n) is 12.7. The molecule has 1 unspecified atom stereocenters. The van der Waals surface area contributed by atoms with Crippen molar-refractivity contribution in [3.05, 3.63) is 24.8 Å². The predicted octanol–water partition coefficient (Wildman–Crippen LogP) is 2.38. The van der Waals surface area contributed by atoms with Crippen LogP contribution in [0.25, 0.3) is 0 Å². The quantitative estimate of drug-likeness (QED) is 0.176. The topological polar surface area (TPSA) is 118 Å². The molecule has 1 fully saturated rings. The molecule has 7 heteroatoms. The van der Waals surface area contributed by atoms with Gasteiger partial charge in [0.05, 0.1) is 39.5 Å². The van der Waals surface area contributed by atoms with Crippen LogP contribution in [0.15, 0.2) is 24.8 Å². The monoisotopic (exact) mass is 483 g/mol. The summed E-state index contributed by atoms with van der Waals surface area (Å²) in [5.74, 6) is -1.32. The Morgan fingerprint density at radius 3 is 2.35 bits per heavy atom. The van der Waals surface area contributed by atoms with Gasteiger partial charge in [0.1, 0.15) is 12.3 Å². The Balaban J connectivity index is 0.00000135. The van der Waals surface area contributed by atoms with E-state index >= 15 is 0 Å². The molecule has 0 aromatic heterocycles. The molecule has 0 bridgehead atoms. The van der Waals surface area contributed by atoms with Crippen molar-refractivity contribution in [2.24, 2.45) is 11.8 Å². The number of likely N-dealkylation sites (N-methyl/N-ethyl adjacent to an activating group) is 1. The lowest BCUT2D eigenvalue weighted by Crippen LogP contribution is -2.36. The third kappa shape index (κ3) is 14.7. The summed E-state index contributed by atoms with van der Waals surface area (Å²) in [5.41, 5.74) is -0.936. The second-order valence-electron chi connectivity index (χ2n) is 10.5. The number of carbonyl (C=O) groups is 2. The van der Waals surface area contributed by atoms with Crippen LogP contribution in [0.2, 0.25) is 0 Å². The molecule has 0 aromatic rings. The standard InChI is InChI=1S/C22H36O5.C5H14NO/c1-3-5-14-22(27,4-2)15-10-12-18-17(19(23)16-20(18)24)11-8-6-7-9-13-21(25)26;1-6(2,3)4-5-7/h4,10,12,17-18,20,24,27H,2-3,5-9,11,13-16H2,1H3,(H,25,26);7H,4-5H2,1-3H3/q;+1/p-1/b12-10+;/t17-,18-,20-,22?;/m1./s1. The van der Waals surface area contributed by atoms with Gasteiger partial charge in [-0.15, -0.1) is 6.58 Å². The van der Waals surface area contributed by atoms with Gasteiger partial charge in [0, 0.05) is 24.2 Å². The molecular formula is C27H49NO6. The number of aliphatic carboxylic acids is 1. The van der Waals surface area contributed by atoms with Crippen molar-refractivity contribution in [1.82, 2.24) is 0 Å². The summed E-state index contributed by atoms with van der Waals surface area (Å²) in [6, 6.07) is 0. The number of aliphatic hydroxyl groups excluding tert-OH is 2. The van der Waals surface area contributed by atoms with E-state index in [2.05, 4.69) is 34.6 Å². The summed E-state index contributed by atoms with van der Waals surface area (Å²) in [5, 5.41) is 39.5. The molecule has 0 amide bonds.